The van der Waals surface area contributed by atoms with E-state index < -0.39 is 32.6 Å². The molecule has 8 aliphatic rings. The molecule has 2 N–H and O–H groups in total. The Morgan fingerprint density at radius 1 is 0.250 bits per heavy atom. The fourth-order valence-electron chi connectivity index (χ4n) is 11.9. The molecule has 0 amide bonds. The fourth-order valence-corrected chi connectivity index (χ4v) is 21.4. The molecule has 0 aromatic heterocycles. The molecule has 8 saturated carbocycles. The van der Waals surface area contributed by atoms with E-state index in [-0.39, 0.29) is 0 Å². The van der Waals surface area contributed by atoms with Crippen LogP contribution in [0.4, 0.5) is 0 Å². The summed E-state index contributed by atoms with van der Waals surface area (Å²) < 4.78 is 0. The third-order valence-electron chi connectivity index (χ3n) is 15.5. The molecule has 0 saturated heterocycles. The summed E-state index contributed by atoms with van der Waals surface area (Å²) in [6.07, 6.45) is 53.4. The van der Waals surface area contributed by atoms with E-state index in [1.54, 1.807) is 0 Å². The maximum Gasteiger partial charge on any atom is -0.0351 e. The molecule has 0 unspecified atom stereocenters. The second-order valence-electron chi connectivity index (χ2n) is 19.8. The molecular weight excluding hydrogens is 1050 g/mol. The first kappa shape index (κ1) is 57.8. The Labute approximate surface area is 406 Å². The van der Waals surface area contributed by atoms with Crippen LogP contribution in [-0.2, 0) is 36.4 Å². The Morgan fingerprint density at radius 2 is 0.367 bits per heavy atom. The van der Waals surface area contributed by atoms with Crippen LogP contribution >= 0.6 is 51.7 Å². The molecule has 0 aliphatic heterocycles. The smallest absolute Gasteiger partial charge is 0.0351 e. The summed E-state index contributed by atoms with van der Waals surface area (Å²) in [7, 11) is 6.01. The van der Waals surface area contributed by atoms with Gasteiger partial charge in [0.15, 0.2) is 0 Å². The average molecular weight is 1140 g/mol. The van der Waals surface area contributed by atoms with Crippen LogP contribution in [0, 0.1) is 0 Å². The second-order valence-corrected chi connectivity index (χ2v) is 28.6. The number of hydrogen-bond donors (Lipinski definition) is 2. The Bertz CT molecular complexity index is 744. The SMILES string of the molecule is OP(C1CCCCC1)C1CCCCC1.OP(C1CCCCC1)C1CCCCC1.[Cl][Pd+].[Cl][Pd+].[O-]P(C1CCCCC1)C1CCCCC1.[O-]P(C1CCCCC1)C1CCCCC1. The minimum Gasteiger partial charge on any atom is -0.829 e. The van der Waals surface area contributed by atoms with Crippen LogP contribution in [0.15, 0.2) is 0 Å². The van der Waals surface area contributed by atoms with E-state index >= 15 is 0 Å². The van der Waals surface area contributed by atoms with Gasteiger partial charge in [-0.2, -0.15) is 16.3 Å². The third kappa shape index (κ3) is 22.7. The van der Waals surface area contributed by atoms with E-state index in [9.17, 15) is 19.6 Å². The molecule has 8 rings (SSSR count). The van der Waals surface area contributed by atoms with E-state index in [4.69, 9.17) is 0 Å². The Balaban J connectivity index is 0.000000208. The van der Waals surface area contributed by atoms with Gasteiger partial charge in [0.1, 0.15) is 0 Å². The normalized spacial score (nSPS) is 25.4. The van der Waals surface area contributed by atoms with Gasteiger partial charge in [-0.1, -0.05) is 154 Å². The molecule has 0 bridgehead atoms. The summed E-state index contributed by atoms with van der Waals surface area (Å²) in [6, 6.07) is 0. The first-order chi connectivity index (χ1) is 29.5. The summed E-state index contributed by atoms with van der Waals surface area (Å²) in [5.74, 6) is 0. The zero-order chi connectivity index (χ0) is 43.2. The van der Waals surface area contributed by atoms with Crippen LogP contribution in [0.1, 0.15) is 257 Å². The maximum atomic E-state index is 12.3. The molecule has 12 heteroatoms. The Kier molecular flexibility index (Phi) is 36.0. The van der Waals surface area contributed by atoms with E-state index in [2.05, 4.69) is 55.4 Å². The number of rotatable bonds is 8. The average Bonchev–Trinajstić information content (AvgIpc) is 3.37. The minimum atomic E-state index is -0.867. The molecule has 4 nitrogen and oxygen atoms in total. The van der Waals surface area contributed by atoms with E-state index in [1.165, 1.54) is 257 Å². The van der Waals surface area contributed by atoms with Crippen molar-refractivity contribution in [1.82, 2.24) is 0 Å². The molecule has 0 aromatic rings. The molecule has 360 valence electrons. The van der Waals surface area contributed by atoms with E-state index in [1.807, 2.05) is 0 Å². The number of halogens is 2. The molecule has 0 atom stereocenters. The first-order valence-electron chi connectivity index (χ1n) is 25.6. The summed E-state index contributed by atoms with van der Waals surface area (Å²) in [4.78, 5) is 45.3. The third-order valence-corrected chi connectivity index (χ3v) is 25.5. The van der Waals surface area contributed by atoms with Crippen molar-refractivity contribution in [1.29, 1.82) is 0 Å². The summed E-state index contributed by atoms with van der Waals surface area (Å²) in [5.41, 5.74) is 5.24. The molecular formula is C48H90Cl2O4P4Pd2. The zero-order valence-corrected chi connectivity index (χ0v) is 46.0. The minimum absolute atomic E-state index is 0.599. The predicted octanol–water partition coefficient (Wildman–Crippen LogP) is 16.3. The van der Waals surface area contributed by atoms with Gasteiger partial charge in [-0.15, -0.1) is 0 Å². The van der Waals surface area contributed by atoms with Gasteiger partial charge in [0.05, 0.1) is 0 Å². The fraction of sp³-hybridized carbons (Fsp3) is 1.00. The van der Waals surface area contributed by atoms with Gasteiger partial charge < -0.3 is 19.6 Å². The van der Waals surface area contributed by atoms with Crippen LogP contribution in [0.3, 0.4) is 0 Å². The van der Waals surface area contributed by atoms with Gasteiger partial charge in [0, 0.05) is 38.9 Å². The predicted molar refractivity (Wildman–Crippen MR) is 259 cm³/mol. The molecule has 0 radical (unpaired) electrons. The molecule has 0 heterocycles. The standard InChI is InChI=1S/2C12H23OP.2C12H22OP.2ClH.2Pd/c4*13-14(11-7-3-1-4-8-11)12-9-5-2-6-10-12;;;;/h2*11-13H,1-10H2;2*11-12H,1-10H2;2*1H;;/q;;2*-1;;;2*+2/p-2. The van der Waals surface area contributed by atoms with Crippen molar-refractivity contribution >= 4 is 51.7 Å². The molecule has 8 fully saturated rings. The second kappa shape index (κ2) is 37.4. The molecule has 8 aliphatic carbocycles. The van der Waals surface area contributed by atoms with Crippen molar-refractivity contribution in [2.45, 2.75) is 302 Å². The summed E-state index contributed by atoms with van der Waals surface area (Å²) in [5, 5.41) is 0. The van der Waals surface area contributed by atoms with Crippen molar-refractivity contribution in [3.8, 4) is 0 Å². The van der Waals surface area contributed by atoms with Crippen molar-refractivity contribution in [3.63, 3.8) is 0 Å². The monoisotopic (exact) mass is 1140 g/mol. The summed E-state index contributed by atoms with van der Waals surface area (Å²) >= 11 is 4.44. The van der Waals surface area contributed by atoms with Crippen molar-refractivity contribution in [2.75, 3.05) is 0 Å². The molecule has 0 spiro atoms. The van der Waals surface area contributed by atoms with Gasteiger partial charge in [-0.3, -0.25) is 0 Å². The van der Waals surface area contributed by atoms with E-state index in [0.29, 0.717) is 45.3 Å². The molecule has 60 heavy (non-hydrogen) atoms. The Hall–Kier alpha value is 3.46. The number of hydrogen-bond acceptors (Lipinski definition) is 4. The quantitative estimate of drug-likeness (QED) is 0.187. The maximum absolute atomic E-state index is 12.3. The Morgan fingerprint density at radius 3 is 0.500 bits per heavy atom. The molecule has 0 aromatic carbocycles. The van der Waals surface area contributed by atoms with Crippen molar-refractivity contribution in [2.24, 2.45) is 0 Å². The van der Waals surface area contributed by atoms with Crippen LogP contribution < -0.4 is 9.79 Å². The van der Waals surface area contributed by atoms with Crippen molar-refractivity contribution < 1.29 is 55.9 Å². The van der Waals surface area contributed by atoms with Crippen LogP contribution in [-0.4, -0.2) is 55.1 Å². The van der Waals surface area contributed by atoms with Crippen LogP contribution in [0.5, 0.6) is 0 Å². The van der Waals surface area contributed by atoms with Crippen LogP contribution in [0.25, 0.3) is 0 Å². The zero-order valence-electron chi connectivity index (χ0n) is 37.8. The topological polar surface area (TPSA) is 86.6 Å². The van der Waals surface area contributed by atoms with E-state index in [0.717, 1.165) is 0 Å². The van der Waals surface area contributed by atoms with Gasteiger partial charge in [-0.05, 0) is 125 Å². The van der Waals surface area contributed by atoms with Gasteiger partial charge in [0.25, 0.3) is 0 Å². The van der Waals surface area contributed by atoms with Gasteiger partial charge in [0.2, 0.25) is 0 Å². The van der Waals surface area contributed by atoms with Crippen molar-refractivity contribution in [3.05, 3.63) is 0 Å². The summed E-state index contributed by atoms with van der Waals surface area (Å²) in [6.45, 7) is 0. The largest absolute Gasteiger partial charge is 0.829 e. The van der Waals surface area contributed by atoms with Gasteiger partial charge >= 0.3 is 55.4 Å². The van der Waals surface area contributed by atoms with Gasteiger partial charge in [-0.25, -0.2) is 0 Å². The first-order valence-corrected chi connectivity index (χ1v) is 35.3. The van der Waals surface area contributed by atoms with Crippen LogP contribution in [0.2, 0.25) is 0 Å².